The maximum atomic E-state index is 13.4. The van der Waals surface area contributed by atoms with Crippen molar-refractivity contribution in [3.8, 4) is 0 Å². The van der Waals surface area contributed by atoms with Crippen LogP contribution in [0.5, 0.6) is 0 Å². The molecule has 0 aliphatic heterocycles. The van der Waals surface area contributed by atoms with Crippen molar-refractivity contribution in [3.63, 3.8) is 0 Å². The van der Waals surface area contributed by atoms with Crippen molar-refractivity contribution < 1.29 is 13.9 Å². The zero-order valence-electron chi connectivity index (χ0n) is 10.2. The normalized spacial score (nSPS) is 18.6. The van der Waals surface area contributed by atoms with Crippen molar-refractivity contribution >= 4 is 11.4 Å². The van der Waals surface area contributed by atoms with Crippen LogP contribution in [0.2, 0.25) is 0 Å². The number of hydrogen-bond donors (Lipinski definition) is 3. The fourth-order valence-corrected chi connectivity index (χ4v) is 2.53. The lowest BCUT2D eigenvalue weighted by atomic mass is 9.82. The van der Waals surface area contributed by atoms with Crippen LogP contribution >= 0.6 is 0 Å². The predicted molar refractivity (Wildman–Crippen MR) is 67.3 cm³/mol. The fourth-order valence-electron chi connectivity index (χ4n) is 2.53. The predicted octanol–water partition coefficient (Wildman–Crippen LogP) is 2.65. The van der Waals surface area contributed by atoms with E-state index in [1.807, 2.05) is 0 Å². The molecule has 0 radical (unpaired) electrons. The minimum atomic E-state index is -0.776. The molecule has 1 aromatic carbocycles. The number of hydrogen-bond acceptors (Lipinski definition) is 3. The van der Waals surface area contributed by atoms with Crippen LogP contribution in [-0.2, 0) is 0 Å². The number of aliphatic hydroxyl groups excluding tert-OH is 1. The summed E-state index contributed by atoms with van der Waals surface area (Å²) in [5.74, 6) is -1.45. The highest BCUT2D eigenvalue weighted by molar-refractivity contribution is 5.67. The molecule has 3 nitrogen and oxygen atoms in total. The Hall–Kier alpha value is -1.36. The lowest BCUT2D eigenvalue weighted by Gasteiger charge is -2.37. The van der Waals surface area contributed by atoms with E-state index in [4.69, 9.17) is 5.73 Å². The van der Waals surface area contributed by atoms with Crippen molar-refractivity contribution in [2.75, 3.05) is 17.7 Å². The summed E-state index contributed by atoms with van der Waals surface area (Å²) < 4.78 is 26.5. The van der Waals surface area contributed by atoms with E-state index < -0.39 is 17.2 Å². The summed E-state index contributed by atoms with van der Waals surface area (Å²) in [5.41, 5.74) is 5.21. The second kappa shape index (κ2) is 5.10. The molecule has 18 heavy (non-hydrogen) atoms. The highest BCUT2D eigenvalue weighted by Crippen LogP contribution is 2.34. The molecule has 1 aromatic rings. The Morgan fingerprint density at radius 1 is 1.22 bits per heavy atom. The first-order chi connectivity index (χ1) is 8.56. The van der Waals surface area contributed by atoms with E-state index in [9.17, 15) is 13.9 Å². The molecular weight excluding hydrogens is 238 g/mol. The van der Waals surface area contributed by atoms with Crippen LogP contribution in [0.3, 0.4) is 0 Å². The van der Waals surface area contributed by atoms with Crippen LogP contribution in [0.1, 0.15) is 32.1 Å². The zero-order valence-corrected chi connectivity index (χ0v) is 10.2. The highest BCUT2D eigenvalue weighted by Gasteiger charge is 2.32. The standard InChI is InChI=1S/C13H18F2N2O/c14-9-6-10(15)12(16)11(7-9)17-13(8-18)4-2-1-3-5-13/h6-7,17-18H,1-5,8,16H2. The van der Waals surface area contributed by atoms with Gasteiger partial charge in [0, 0.05) is 6.07 Å². The third-order valence-corrected chi connectivity index (χ3v) is 3.61. The Bertz CT molecular complexity index is 431. The molecule has 5 heteroatoms. The Labute approximate surface area is 105 Å². The van der Waals surface area contributed by atoms with Crippen molar-refractivity contribution in [2.45, 2.75) is 37.6 Å². The molecule has 4 N–H and O–H groups in total. The Morgan fingerprint density at radius 2 is 1.89 bits per heavy atom. The van der Waals surface area contributed by atoms with Crippen molar-refractivity contribution in [3.05, 3.63) is 23.8 Å². The SMILES string of the molecule is Nc1c(F)cc(F)cc1NC1(CO)CCCCC1. The minimum Gasteiger partial charge on any atom is -0.395 e. The van der Waals surface area contributed by atoms with Crippen LogP contribution in [0, 0.1) is 11.6 Å². The van der Waals surface area contributed by atoms with Gasteiger partial charge in [-0.05, 0) is 18.9 Å². The second-order valence-electron chi connectivity index (χ2n) is 4.97. The summed E-state index contributed by atoms with van der Waals surface area (Å²) in [4.78, 5) is 0. The summed E-state index contributed by atoms with van der Waals surface area (Å²) in [6.07, 6.45) is 4.66. The molecule has 1 aliphatic rings. The average molecular weight is 256 g/mol. The van der Waals surface area contributed by atoms with Crippen molar-refractivity contribution in [2.24, 2.45) is 0 Å². The number of rotatable bonds is 3. The number of nitrogen functional groups attached to an aromatic ring is 1. The van der Waals surface area contributed by atoms with Crippen molar-refractivity contribution in [1.29, 1.82) is 0 Å². The largest absolute Gasteiger partial charge is 0.395 e. The van der Waals surface area contributed by atoms with E-state index in [0.29, 0.717) is 0 Å². The molecule has 1 fully saturated rings. The van der Waals surface area contributed by atoms with E-state index in [-0.39, 0.29) is 18.0 Å². The van der Waals surface area contributed by atoms with Gasteiger partial charge in [-0.1, -0.05) is 19.3 Å². The average Bonchev–Trinajstić information content (AvgIpc) is 2.36. The number of anilines is 2. The van der Waals surface area contributed by atoms with Gasteiger partial charge in [-0.15, -0.1) is 0 Å². The molecular formula is C13H18F2N2O. The van der Waals surface area contributed by atoms with E-state index >= 15 is 0 Å². The van der Waals surface area contributed by atoms with Crippen LogP contribution < -0.4 is 11.1 Å². The van der Waals surface area contributed by atoms with E-state index in [1.165, 1.54) is 6.07 Å². The minimum absolute atomic E-state index is 0.0649. The van der Waals surface area contributed by atoms with Crippen LogP contribution in [0.4, 0.5) is 20.2 Å². The third-order valence-electron chi connectivity index (χ3n) is 3.61. The number of nitrogens with two attached hydrogens (primary N) is 1. The molecule has 0 atom stereocenters. The van der Waals surface area contributed by atoms with Crippen LogP contribution in [0.15, 0.2) is 12.1 Å². The van der Waals surface area contributed by atoms with Gasteiger partial charge in [-0.25, -0.2) is 8.78 Å². The zero-order chi connectivity index (χ0) is 13.2. The van der Waals surface area contributed by atoms with Crippen molar-refractivity contribution in [1.82, 2.24) is 0 Å². The summed E-state index contributed by atoms with van der Waals surface area (Å²) in [5, 5.41) is 12.6. The molecule has 0 amide bonds. The lowest BCUT2D eigenvalue weighted by Crippen LogP contribution is -2.44. The van der Waals surface area contributed by atoms with Gasteiger partial charge in [0.05, 0.1) is 23.5 Å². The van der Waals surface area contributed by atoms with Gasteiger partial charge < -0.3 is 16.2 Å². The van der Waals surface area contributed by atoms with Gasteiger partial charge >= 0.3 is 0 Å². The third kappa shape index (κ3) is 2.56. The number of aliphatic hydroxyl groups is 1. The molecule has 0 bridgehead atoms. The Kier molecular flexibility index (Phi) is 3.71. The van der Waals surface area contributed by atoms with Gasteiger partial charge in [-0.2, -0.15) is 0 Å². The second-order valence-corrected chi connectivity index (χ2v) is 4.97. The summed E-state index contributed by atoms with van der Waals surface area (Å²) >= 11 is 0. The molecule has 1 aliphatic carbocycles. The van der Waals surface area contributed by atoms with Gasteiger partial charge in [0.25, 0.3) is 0 Å². The van der Waals surface area contributed by atoms with E-state index in [2.05, 4.69) is 5.32 Å². The first-order valence-corrected chi connectivity index (χ1v) is 6.20. The molecule has 0 unspecified atom stereocenters. The summed E-state index contributed by atoms with van der Waals surface area (Å²) in [6.45, 7) is -0.0649. The van der Waals surface area contributed by atoms with Gasteiger partial charge in [0.15, 0.2) is 5.82 Å². The maximum absolute atomic E-state index is 13.4. The molecule has 0 aromatic heterocycles. The van der Waals surface area contributed by atoms with Gasteiger partial charge in [0.1, 0.15) is 5.82 Å². The van der Waals surface area contributed by atoms with E-state index in [0.717, 1.165) is 38.2 Å². The lowest BCUT2D eigenvalue weighted by molar-refractivity contribution is 0.173. The number of halogens is 2. The number of benzene rings is 1. The number of nitrogens with one attached hydrogen (secondary N) is 1. The summed E-state index contributed by atoms with van der Waals surface area (Å²) in [7, 11) is 0. The van der Waals surface area contributed by atoms with Crippen LogP contribution in [0.25, 0.3) is 0 Å². The molecule has 0 heterocycles. The first-order valence-electron chi connectivity index (χ1n) is 6.20. The maximum Gasteiger partial charge on any atom is 0.151 e. The molecule has 0 spiro atoms. The highest BCUT2D eigenvalue weighted by atomic mass is 19.1. The molecule has 2 rings (SSSR count). The molecule has 1 saturated carbocycles. The van der Waals surface area contributed by atoms with E-state index in [1.54, 1.807) is 0 Å². The first kappa shape index (κ1) is 13.1. The van der Waals surface area contributed by atoms with Crippen LogP contribution in [-0.4, -0.2) is 17.3 Å². The topological polar surface area (TPSA) is 58.3 Å². The Morgan fingerprint density at radius 3 is 2.50 bits per heavy atom. The monoisotopic (exact) mass is 256 g/mol. The quantitative estimate of drug-likeness (QED) is 0.729. The van der Waals surface area contributed by atoms with Gasteiger partial charge in [0.2, 0.25) is 0 Å². The smallest absolute Gasteiger partial charge is 0.151 e. The molecule has 0 saturated heterocycles. The summed E-state index contributed by atoms with van der Waals surface area (Å²) in [6, 6.07) is 1.93. The van der Waals surface area contributed by atoms with Gasteiger partial charge in [-0.3, -0.25) is 0 Å². The molecule has 100 valence electrons. The Balaban J connectivity index is 2.26. The fraction of sp³-hybridized carbons (Fsp3) is 0.538.